The summed E-state index contributed by atoms with van der Waals surface area (Å²) in [4.78, 5) is 22.3. The number of rotatable bonds is 4. The van der Waals surface area contributed by atoms with Crippen LogP contribution in [0.3, 0.4) is 0 Å². The van der Waals surface area contributed by atoms with Gasteiger partial charge >= 0.3 is 0 Å². The summed E-state index contributed by atoms with van der Waals surface area (Å²) in [7, 11) is 0. The van der Waals surface area contributed by atoms with Gasteiger partial charge in [0.05, 0.1) is 4.92 Å². The van der Waals surface area contributed by atoms with Gasteiger partial charge in [0.25, 0.3) is 5.69 Å². The molecule has 2 aromatic rings. The number of nitrogens with zero attached hydrogens (tertiary/aromatic N) is 1. The second-order valence-electron chi connectivity index (χ2n) is 4.53. The van der Waals surface area contributed by atoms with E-state index in [2.05, 4.69) is 0 Å². The van der Waals surface area contributed by atoms with E-state index in [-0.39, 0.29) is 11.5 Å². The summed E-state index contributed by atoms with van der Waals surface area (Å²) in [5, 5.41) is 10.7. The highest BCUT2D eigenvalue weighted by Crippen LogP contribution is 2.20. The predicted octanol–water partition coefficient (Wildman–Crippen LogP) is 4.40. The highest BCUT2D eigenvalue weighted by atomic mass is 127. The molecule has 0 bridgehead atoms. The van der Waals surface area contributed by atoms with Crippen molar-refractivity contribution in [3.63, 3.8) is 0 Å². The van der Waals surface area contributed by atoms with E-state index in [9.17, 15) is 14.9 Å². The first-order valence-corrected chi connectivity index (χ1v) is 7.28. The number of hydrogen-bond acceptors (Lipinski definition) is 3. The van der Waals surface area contributed by atoms with Crippen molar-refractivity contribution in [3.8, 4) is 0 Å². The molecule has 0 aliphatic rings. The van der Waals surface area contributed by atoms with Gasteiger partial charge in [-0.15, -0.1) is 0 Å². The van der Waals surface area contributed by atoms with Gasteiger partial charge < -0.3 is 0 Å². The van der Waals surface area contributed by atoms with E-state index in [0.29, 0.717) is 9.13 Å². The van der Waals surface area contributed by atoms with E-state index in [1.807, 2.05) is 53.8 Å². The molecule has 0 aliphatic heterocycles. The molecule has 4 nitrogen and oxygen atoms in total. The molecule has 0 aliphatic carbocycles. The monoisotopic (exact) mass is 393 g/mol. The number of halogens is 1. The molecule has 0 unspecified atom stereocenters. The maximum Gasteiger partial charge on any atom is 0.270 e. The second kappa shape index (κ2) is 6.62. The van der Waals surface area contributed by atoms with Gasteiger partial charge in [-0.3, -0.25) is 14.9 Å². The van der Waals surface area contributed by atoms with Crippen LogP contribution in [0.4, 0.5) is 5.69 Å². The van der Waals surface area contributed by atoms with Gasteiger partial charge in [0.1, 0.15) is 0 Å². The molecule has 21 heavy (non-hydrogen) atoms. The highest BCUT2D eigenvalue weighted by molar-refractivity contribution is 14.1. The number of benzene rings is 2. The zero-order valence-electron chi connectivity index (χ0n) is 11.2. The molecule has 0 heterocycles. The van der Waals surface area contributed by atoms with Crippen molar-refractivity contribution in [2.24, 2.45) is 0 Å². The Kier molecular flexibility index (Phi) is 4.85. The van der Waals surface area contributed by atoms with Gasteiger partial charge in [-0.25, -0.2) is 0 Å². The van der Waals surface area contributed by atoms with Crippen LogP contribution in [-0.2, 0) is 0 Å². The summed E-state index contributed by atoms with van der Waals surface area (Å²) >= 11 is 1.93. The maximum atomic E-state index is 12.1. The van der Waals surface area contributed by atoms with E-state index >= 15 is 0 Å². The van der Waals surface area contributed by atoms with Crippen molar-refractivity contribution in [1.82, 2.24) is 0 Å². The lowest BCUT2D eigenvalue weighted by Gasteiger charge is -2.00. The molecule has 0 N–H and O–H groups in total. The minimum Gasteiger partial charge on any atom is -0.289 e. The SMILES string of the molecule is Cc1ccc(/C=C/C(=O)c2ccc([N+](=O)[O-])cc2I)cc1. The van der Waals surface area contributed by atoms with Crippen molar-refractivity contribution < 1.29 is 9.72 Å². The normalized spacial score (nSPS) is 10.8. The lowest BCUT2D eigenvalue weighted by Crippen LogP contribution is -1.99. The number of nitro groups is 1. The van der Waals surface area contributed by atoms with Gasteiger partial charge in [-0.1, -0.05) is 35.9 Å². The zero-order valence-corrected chi connectivity index (χ0v) is 13.4. The molecule has 0 saturated heterocycles. The van der Waals surface area contributed by atoms with E-state index in [0.717, 1.165) is 11.1 Å². The van der Waals surface area contributed by atoms with Crippen LogP contribution in [0.25, 0.3) is 6.08 Å². The number of carbonyl (C=O) groups is 1. The topological polar surface area (TPSA) is 60.2 Å². The van der Waals surface area contributed by atoms with Gasteiger partial charge in [0.15, 0.2) is 5.78 Å². The van der Waals surface area contributed by atoms with E-state index in [1.165, 1.54) is 24.3 Å². The Bertz CT molecular complexity index is 721. The quantitative estimate of drug-likeness (QED) is 0.254. The van der Waals surface area contributed by atoms with Crippen LogP contribution >= 0.6 is 22.6 Å². The van der Waals surface area contributed by atoms with Crippen LogP contribution in [0.2, 0.25) is 0 Å². The molecule has 0 spiro atoms. The van der Waals surface area contributed by atoms with Crippen LogP contribution in [0.1, 0.15) is 21.5 Å². The number of ketones is 1. The summed E-state index contributed by atoms with van der Waals surface area (Å²) in [6.07, 6.45) is 3.22. The van der Waals surface area contributed by atoms with Crippen LogP contribution < -0.4 is 0 Å². The van der Waals surface area contributed by atoms with Crippen LogP contribution in [0, 0.1) is 20.6 Å². The van der Waals surface area contributed by atoms with Crippen LogP contribution in [0.5, 0.6) is 0 Å². The standard InChI is InChI=1S/C16H12INO3/c1-11-2-4-12(5-3-11)6-9-16(19)14-8-7-13(18(20)21)10-15(14)17/h2-10H,1H3/b9-6+. The Balaban J connectivity index is 2.20. The number of hydrogen-bond donors (Lipinski definition) is 0. The number of non-ortho nitro benzene ring substituents is 1. The Morgan fingerprint density at radius 3 is 2.43 bits per heavy atom. The third-order valence-corrected chi connectivity index (χ3v) is 3.83. The number of nitro benzene ring substituents is 1. The minimum atomic E-state index is -0.474. The van der Waals surface area contributed by atoms with Crippen LogP contribution in [0.15, 0.2) is 48.5 Å². The van der Waals surface area contributed by atoms with E-state index in [4.69, 9.17) is 0 Å². The molecule has 106 valence electrons. The molecule has 0 amide bonds. The Morgan fingerprint density at radius 1 is 1.19 bits per heavy atom. The maximum absolute atomic E-state index is 12.1. The summed E-state index contributed by atoms with van der Waals surface area (Å²) in [6.45, 7) is 2.00. The summed E-state index contributed by atoms with van der Waals surface area (Å²) in [5.74, 6) is -0.171. The first-order chi connectivity index (χ1) is 9.97. The Hall–Kier alpha value is -2.02. The van der Waals surface area contributed by atoms with Crippen molar-refractivity contribution >= 4 is 40.1 Å². The van der Waals surface area contributed by atoms with Gasteiger partial charge in [-0.2, -0.15) is 0 Å². The first kappa shape index (κ1) is 15.4. The van der Waals surface area contributed by atoms with E-state index < -0.39 is 4.92 Å². The van der Waals surface area contributed by atoms with Gasteiger partial charge in [0.2, 0.25) is 0 Å². The summed E-state index contributed by atoms with van der Waals surface area (Å²) in [5.41, 5.74) is 2.54. The smallest absolute Gasteiger partial charge is 0.270 e. The third kappa shape index (κ3) is 3.98. The van der Waals surface area contributed by atoms with Crippen molar-refractivity contribution in [1.29, 1.82) is 0 Å². The largest absolute Gasteiger partial charge is 0.289 e. The Labute approximate surface area is 135 Å². The fraction of sp³-hybridized carbons (Fsp3) is 0.0625. The molecular weight excluding hydrogens is 381 g/mol. The molecule has 0 aromatic heterocycles. The molecule has 2 aromatic carbocycles. The minimum absolute atomic E-state index is 0.0153. The fourth-order valence-electron chi connectivity index (χ4n) is 1.76. The van der Waals surface area contributed by atoms with Gasteiger partial charge in [-0.05, 0) is 47.2 Å². The van der Waals surface area contributed by atoms with Crippen LogP contribution in [-0.4, -0.2) is 10.7 Å². The predicted molar refractivity (Wildman–Crippen MR) is 90.4 cm³/mol. The number of aryl methyl sites for hydroxylation is 1. The van der Waals surface area contributed by atoms with E-state index in [1.54, 1.807) is 6.08 Å². The second-order valence-corrected chi connectivity index (χ2v) is 5.69. The highest BCUT2D eigenvalue weighted by Gasteiger charge is 2.12. The molecule has 0 fully saturated rings. The first-order valence-electron chi connectivity index (χ1n) is 6.20. The summed E-state index contributed by atoms with van der Waals surface area (Å²) in [6, 6.07) is 12.0. The summed E-state index contributed by atoms with van der Waals surface area (Å²) < 4.78 is 0.570. The third-order valence-electron chi connectivity index (χ3n) is 2.93. The fourth-order valence-corrected chi connectivity index (χ4v) is 2.52. The molecule has 5 heteroatoms. The Morgan fingerprint density at radius 2 is 1.86 bits per heavy atom. The van der Waals surface area contributed by atoms with Crippen molar-refractivity contribution in [2.75, 3.05) is 0 Å². The lowest BCUT2D eigenvalue weighted by atomic mass is 10.1. The van der Waals surface area contributed by atoms with Gasteiger partial charge in [0, 0.05) is 21.3 Å². The number of carbonyl (C=O) groups excluding carboxylic acids is 1. The molecule has 0 radical (unpaired) electrons. The number of allylic oxidation sites excluding steroid dienone is 1. The molecule has 2 rings (SSSR count). The molecule has 0 atom stereocenters. The average molecular weight is 393 g/mol. The lowest BCUT2D eigenvalue weighted by molar-refractivity contribution is -0.384. The average Bonchev–Trinajstić information content (AvgIpc) is 2.46. The molecular formula is C16H12INO3. The van der Waals surface area contributed by atoms with Crippen molar-refractivity contribution in [2.45, 2.75) is 6.92 Å². The van der Waals surface area contributed by atoms with Crippen molar-refractivity contribution in [3.05, 3.63) is 78.9 Å². The zero-order chi connectivity index (χ0) is 15.4. The molecule has 0 saturated carbocycles.